The molecule has 0 unspecified atom stereocenters. The molecule has 2 amide bonds. The summed E-state index contributed by atoms with van der Waals surface area (Å²) < 4.78 is 0. The second-order valence-corrected chi connectivity index (χ2v) is 4.55. The average Bonchev–Trinajstić information content (AvgIpc) is 2.78. The molecule has 4 N–H and O–H groups in total. The summed E-state index contributed by atoms with van der Waals surface area (Å²) in [5.41, 5.74) is 11.2. The number of hydrazone groups is 1. The van der Waals surface area contributed by atoms with E-state index in [0.29, 0.717) is 11.3 Å². The lowest BCUT2D eigenvalue weighted by Crippen LogP contribution is -2.25. The molecule has 0 spiro atoms. The van der Waals surface area contributed by atoms with Crippen molar-refractivity contribution >= 4 is 17.7 Å². The van der Waals surface area contributed by atoms with E-state index in [-0.39, 0.29) is 5.56 Å². The van der Waals surface area contributed by atoms with Crippen molar-refractivity contribution in [1.82, 2.24) is 5.43 Å². The van der Waals surface area contributed by atoms with Crippen LogP contribution in [0.5, 0.6) is 0 Å². The molecular weight excluding hydrogens is 270 g/mol. The van der Waals surface area contributed by atoms with Crippen LogP contribution in [0, 0.1) is 0 Å². The van der Waals surface area contributed by atoms with Gasteiger partial charge >= 0.3 is 12.0 Å². The maximum absolute atomic E-state index is 11.1. The molecule has 0 bridgehead atoms. The van der Waals surface area contributed by atoms with Crippen molar-refractivity contribution < 1.29 is 14.7 Å². The Hall–Kier alpha value is -3.15. The van der Waals surface area contributed by atoms with Crippen LogP contribution in [0.3, 0.4) is 0 Å². The summed E-state index contributed by atoms with van der Waals surface area (Å²) in [7, 11) is 0. The molecule has 104 valence electrons. The van der Waals surface area contributed by atoms with Crippen molar-refractivity contribution in [3.8, 4) is 11.1 Å². The molecule has 0 fully saturated rings. The summed E-state index contributed by atoms with van der Waals surface area (Å²) in [5, 5.41) is 13.1. The normalized spacial score (nSPS) is 13.6. The number of nitrogens with one attached hydrogen (secondary N) is 1. The van der Waals surface area contributed by atoms with Gasteiger partial charge in [-0.05, 0) is 23.3 Å². The number of amides is 2. The minimum atomic E-state index is -1.02. The predicted octanol–water partition coefficient (Wildman–Crippen LogP) is 1.79. The number of aromatic carboxylic acids is 1. The highest BCUT2D eigenvalue weighted by molar-refractivity contribution is 6.25. The first kappa shape index (κ1) is 12.9. The first-order valence-electron chi connectivity index (χ1n) is 6.18. The summed E-state index contributed by atoms with van der Waals surface area (Å²) in [6.07, 6.45) is 0. The number of carbonyl (C=O) groups is 2. The summed E-state index contributed by atoms with van der Waals surface area (Å²) in [5.74, 6) is -1.02. The summed E-state index contributed by atoms with van der Waals surface area (Å²) in [6, 6.07) is 11.6. The summed E-state index contributed by atoms with van der Waals surface area (Å²) >= 11 is 0. The molecule has 6 heteroatoms. The zero-order chi connectivity index (χ0) is 15.0. The maximum Gasteiger partial charge on any atom is 0.335 e. The molecule has 0 aromatic heterocycles. The molecule has 0 radical (unpaired) electrons. The largest absolute Gasteiger partial charge is 0.478 e. The van der Waals surface area contributed by atoms with E-state index in [9.17, 15) is 9.59 Å². The molecule has 0 aliphatic heterocycles. The Morgan fingerprint density at radius 3 is 2.33 bits per heavy atom. The topological polar surface area (TPSA) is 105 Å². The lowest BCUT2D eigenvalue weighted by molar-refractivity contribution is 0.0697. The number of urea groups is 1. The van der Waals surface area contributed by atoms with Gasteiger partial charge in [-0.1, -0.05) is 30.3 Å². The number of nitrogens with two attached hydrogens (primary N) is 1. The van der Waals surface area contributed by atoms with Crippen LogP contribution in [-0.2, 0) is 0 Å². The van der Waals surface area contributed by atoms with E-state index in [1.165, 1.54) is 0 Å². The fourth-order valence-electron chi connectivity index (χ4n) is 2.41. The minimum Gasteiger partial charge on any atom is -0.478 e. The Morgan fingerprint density at radius 1 is 1.00 bits per heavy atom. The Balaban J connectivity index is 2.22. The van der Waals surface area contributed by atoms with Crippen molar-refractivity contribution in [1.29, 1.82) is 0 Å². The van der Waals surface area contributed by atoms with Crippen LogP contribution in [0.1, 0.15) is 21.5 Å². The lowest BCUT2D eigenvalue weighted by Gasteiger charge is -2.03. The van der Waals surface area contributed by atoms with E-state index in [0.717, 1.165) is 16.7 Å². The highest BCUT2D eigenvalue weighted by atomic mass is 16.4. The Bertz CT molecular complexity index is 797. The van der Waals surface area contributed by atoms with E-state index in [4.69, 9.17) is 10.8 Å². The fourth-order valence-corrected chi connectivity index (χ4v) is 2.41. The second kappa shape index (κ2) is 4.75. The van der Waals surface area contributed by atoms with Crippen LogP contribution in [0.25, 0.3) is 11.1 Å². The number of benzene rings is 2. The number of fused-ring (bicyclic) bond motifs is 3. The number of hydrogen-bond acceptors (Lipinski definition) is 3. The zero-order valence-electron chi connectivity index (χ0n) is 10.8. The Morgan fingerprint density at radius 2 is 1.67 bits per heavy atom. The number of rotatable bonds is 2. The average molecular weight is 281 g/mol. The van der Waals surface area contributed by atoms with Crippen LogP contribution in [0.2, 0.25) is 0 Å². The van der Waals surface area contributed by atoms with E-state index in [1.807, 2.05) is 24.3 Å². The Labute approximate surface area is 119 Å². The van der Waals surface area contributed by atoms with Gasteiger partial charge in [0.2, 0.25) is 0 Å². The van der Waals surface area contributed by atoms with Gasteiger partial charge in [-0.3, -0.25) is 0 Å². The summed E-state index contributed by atoms with van der Waals surface area (Å²) in [6.45, 7) is 0. The molecule has 3 rings (SSSR count). The molecule has 0 saturated carbocycles. The molecule has 6 nitrogen and oxygen atoms in total. The molecule has 0 atom stereocenters. The van der Waals surface area contributed by atoms with Crippen LogP contribution in [-0.4, -0.2) is 22.8 Å². The van der Waals surface area contributed by atoms with Gasteiger partial charge in [-0.25, -0.2) is 15.0 Å². The van der Waals surface area contributed by atoms with Gasteiger partial charge in [0.1, 0.15) is 0 Å². The van der Waals surface area contributed by atoms with Gasteiger partial charge in [0.25, 0.3) is 0 Å². The molecule has 0 heterocycles. The fraction of sp³-hybridized carbons (Fsp3) is 0. The second-order valence-electron chi connectivity index (χ2n) is 4.55. The first-order chi connectivity index (χ1) is 10.1. The van der Waals surface area contributed by atoms with Crippen molar-refractivity contribution in [2.45, 2.75) is 0 Å². The van der Waals surface area contributed by atoms with Gasteiger partial charge in [-0.2, -0.15) is 5.10 Å². The van der Waals surface area contributed by atoms with E-state index in [2.05, 4.69) is 10.5 Å². The van der Waals surface area contributed by atoms with Crippen LogP contribution < -0.4 is 11.2 Å². The number of carboxylic acid groups (broad SMARTS) is 1. The van der Waals surface area contributed by atoms with Crippen molar-refractivity contribution in [2.75, 3.05) is 0 Å². The standard InChI is InChI=1S/C15H11N3O3/c16-15(21)18-17-13-11-4-2-1-3-9(11)10-6-5-8(14(19)20)7-12(10)13/h1-7H,(H,19,20)(H3,16,18,21)/b17-13+. The smallest absolute Gasteiger partial charge is 0.335 e. The van der Waals surface area contributed by atoms with E-state index >= 15 is 0 Å². The van der Waals surface area contributed by atoms with Gasteiger partial charge in [0.05, 0.1) is 11.3 Å². The van der Waals surface area contributed by atoms with Crippen molar-refractivity contribution in [3.05, 3.63) is 59.2 Å². The molecule has 1 aliphatic rings. The summed E-state index contributed by atoms with van der Waals surface area (Å²) in [4.78, 5) is 22.0. The maximum atomic E-state index is 11.1. The number of hydrogen-bond donors (Lipinski definition) is 3. The molecule has 21 heavy (non-hydrogen) atoms. The molecule has 0 saturated heterocycles. The van der Waals surface area contributed by atoms with E-state index < -0.39 is 12.0 Å². The first-order valence-corrected chi connectivity index (χ1v) is 6.18. The highest BCUT2D eigenvalue weighted by Gasteiger charge is 2.25. The third kappa shape index (κ3) is 2.12. The molecule has 1 aliphatic carbocycles. The molecule has 2 aromatic rings. The van der Waals surface area contributed by atoms with Gasteiger partial charge < -0.3 is 10.8 Å². The van der Waals surface area contributed by atoms with Crippen LogP contribution in [0.4, 0.5) is 4.79 Å². The number of carbonyl (C=O) groups excluding carboxylic acids is 1. The zero-order valence-corrected chi connectivity index (χ0v) is 10.8. The monoisotopic (exact) mass is 281 g/mol. The Kier molecular flexibility index (Phi) is 2.91. The number of carboxylic acids is 1. The SMILES string of the molecule is NC(=O)N/N=C1\c2ccccc2-c2ccc(C(=O)O)cc21. The van der Waals surface area contributed by atoms with Crippen molar-refractivity contribution in [2.24, 2.45) is 10.8 Å². The molecular formula is C15H11N3O3. The minimum absolute atomic E-state index is 0.160. The number of primary amides is 1. The van der Waals surface area contributed by atoms with Gasteiger partial charge in [0.15, 0.2) is 0 Å². The van der Waals surface area contributed by atoms with E-state index in [1.54, 1.807) is 18.2 Å². The van der Waals surface area contributed by atoms with Crippen LogP contribution in [0.15, 0.2) is 47.6 Å². The number of nitrogens with zero attached hydrogens (tertiary/aromatic N) is 1. The lowest BCUT2D eigenvalue weighted by atomic mass is 10.0. The third-order valence-electron chi connectivity index (χ3n) is 3.27. The van der Waals surface area contributed by atoms with Gasteiger partial charge in [-0.15, -0.1) is 0 Å². The van der Waals surface area contributed by atoms with Crippen molar-refractivity contribution in [3.63, 3.8) is 0 Å². The predicted molar refractivity (Wildman–Crippen MR) is 77.2 cm³/mol. The highest BCUT2D eigenvalue weighted by Crippen LogP contribution is 2.37. The van der Waals surface area contributed by atoms with Crippen LogP contribution >= 0.6 is 0 Å². The quantitative estimate of drug-likeness (QED) is 0.623. The van der Waals surface area contributed by atoms with Gasteiger partial charge in [0, 0.05) is 11.1 Å². The third-order valence-corrected chi connectivity index (χ3v) is 3.27. The molecule has 2 aromatic carbocycles.